The zero-order valence-electron chi connectivity index (χ0n) is 16.2. The zero-order chi connectivity index (χ0) is 18.7. The van der Waals surface area contributed by atoms with Crippen molar-refractivity contribution in [2.24, 2.45) is 5.92 Å². The van der Waals surface area contributed by atoms with E-state index in [0.29, 0.717) is 5.92 Å². The number of likely N-dealkylation sites (N-methyl/N-ethyl adjacent to an activating group) is 1. The number of carbonyl (C=O) groups is 2. The van der Waals surface area contributed by atoms with Crippen molar-refractivity contribution < 1.29 is 14.7 Å². The molecule has 0 bridgehead atoms. The van der Waals surface area contributed by atoms with E-state index in [1.165, 1.54) is 19.3 Å². The SMILES string of the molecule is CCN(CC(=O)O)C1CC(NC(=O)N2CCN(C3CCC3)CC(C)C2)C1. The third kappa shape index (κ3) is 4.68. The Bertz CT molecular complexity index is 505. The average Bonchev–Trinajstić information content (AvgIpc) is 2.68. The molecule has 0 aromatic heterocycles. The van der Waals surface area contributed by atoms with Crippen molar-refractivity contribution in [1.82, 2.24) is 20.0 Å². The summed E-state index contributed by atoms with van der Waals surface area (Å²) in [6.45, 7) is 8.76. The lowest BCUT2D eigenvalue weighted by Gasteiger charge is -2.42. The molecule has 2 aliphatic carbocycles. The van der Waals surface area contributed by atoms with Crippen LogP contribution >= 0.6 is 0 Å². The molecule has 1 heterocycles. The Morgan fingerprint density at radius 2 is 1.92 bits per heavy atom. The molecule has 1 aliphatic heterocycles. The molecule has 26 heavy (non-hydrogen) atoms. The molecular formula is C19H34N4O3. The van der Waals surface area contributed by atoms with E-state index in [-0.39, 0.29) is 24.7 Å². The second kappa shape index (κ2) is 8.57. The van der Waals surface area contributed by atoms with Gasteiger partial charge in [-0.1, -0.05) is 20.3 Å². The van der Waals surface area contributed by atoms with Crippen LogP contribution in [0.3, 0.4) is 0 Å². The van der Waals surface area contributed by atoms with Crippen LogP contribution < -0.4 is 5.32 Å². The highest BCUT2D eigenvalue weighted by molar-refractivity contribution is 5.74. The van der Waals surface area contributed by atoms with E-state index >= 15 is 0 Å². The summed E-state index contributed by atoms with van der Waals surface area (Å²) in [7, 11) is 0. The quantitative estimate of drug-likeness (QED) is 0.744. The van der Waals surface area contributed by atoms with Crippen LogP contribution in [0.1, 0.15) is 46.0 Å². The van der Waals surface area contributed by atoms with Gasteiger partial charge in [0.15, 0.2) is 0 Å². The fourth-order valence-corrected chi connectivity index (χ4v) is 4.48. The van der Waals surface area contributed by atoms with E-state index in [9.17, 15) is 9.59 Å². The topological polar surface area (TPSA) is 76.1 Å². The number of hydrogen-bond donors (Lipinski definition) is 2. The van der Waals surface area contributed by atoms with E-state index in [1.807, 2.05) is 16.7 Å². The minimum absolute atomic E-state index is 0.0528. The highest BCUT2D eigenvalue weighted by Gasteiger charge is 2.36. The molecule has 7 heteroatoms. The molecule has 0 radical (unpaired) electrons. The van der Waals surface area contributed by atoms with Crippen LogP contribution in [0.25, 0.3) is 0 Å². The number of hydrogen-bond acceptors (Lipinski definition) is 4. The molecule has 148 valence electrons. The van der Waals surface area contributed by atoms with Crippen molar-refractivity contribution >= 4 is 12.0 Å². The van der Waals surface area contributed by atoms with Gasteiger partial charge in [0.25, 0.3) is 0 Å². The molecule has 0 aromatic rings. The molecule has 3 fully saturated rings. The number of urea groups is 1. The number of rotatable bonds is 6. The number of nitrogens with one attached hydrogen (secondary N) is 1. The van der Waals surface area contributed by atoms with Crippen LogP contribution in [0.5, 0.6) is 0 Å². The molecule has 3 rings (SSSR count). The van der Waals surface area contributed by atoms with Crippen molar-refractivity contribution in [1.29, 1.82) is 0 Å². The maximum atomic E-state index is 12.7. The first kappa shape index (κ1) is 19.4. The van der Waals surface area contributed by atoms with Gasteiger partial charge < -0.3 is 15.3 Å². The molecule has 0 spiro atoms. The molecular weight excluding hydrogens is 332 g/mol. The molecule has 2 N–H and O–H groups in total. The van der Waals surface area contributed by atoms with Crippen LogP contribution in [0.15, 0.2) is 0 Å². The highest BCUT2D eigenvalue weighted by atomic mass is 16.4. The molecule has 3 aliphatic rings. The predicted octanol–water partition coefficient (Wildman–Crippen LogP) is 1.44. The monoisotopic (exact) mass is 366 g/mol. The maximum absolute atomic E-state index is 12.7. The van der Waals surface area contributed by atoms with Gasteiger partial charge in [-0.05, 0) is 38.1 Å². The first-order valence-electron chi connectivity index (χ1n) is 10.2. The van der Waals surface area contributed by atoms with Gasteiger partial charge >= 0.3 is 12.0 Å². The summed E-state index contributed by atoms with van der Waals surface area (Å²) in [6.07, 6.45) is 5.67. The molecule has 2 saturated carbocycles. The van der Waals surface area contributed by atoms with Gasteiger partial charge in [0.2, 0.25) is 0 Å². The second-order valence-corrected chi connectivity index (χ2v) is 8.36. The van der Waals surface area contributed by atoms with Crippen LogP contribution in [0.4, 0.5) is 4.79 Å². The van der Waals surface area contributed by atoms with Gasteiger partial charge in [-0.3, -0.25) is 14.6 Å². The van der Waals surface area contributed by atoms with Gasteiger partial charge in [0.1, 0.15) is 0 Å². The summed E-state index contributed by atoms with van der Waals surface area (Å²) in [5.41, 5.74) is 0. The summed E-state index contributed by atoms with van der Waals surface area (Å²) >= 11 is 0. The minimum Gasteiger partial charge on any atom is -0.480 e. The summed E-state index contributed by atoms with van der Waals surface area (Å²) in [4.78, 5) is 30.1. The van der Waals surface area contributed by atoms with Crippen LogP contribution in [-0.4, -0.2) is 89.2 Å². The third-order valence-electron chi connectivity index (χ3n) is 6.32. The second-order valence-electron chi connectivity index (χ2n) is 8.36. The van der Waals surface area contributed by atoms with Gasteiger partial charge in [-0.25, -0.2) is 4.79 Å². The standard InChI is InChI=1S/C19H34N4O3/c1-3-21(13-18(24)25)17-9-15(10-17)20-19(26)23-8-7-22(11-14(2)12-23)16-5-4-6-16/h14-17H,3-13H2,1-2H3,(H,20,26)(H,24,25). The number of carboxylic acids is 1. The van der Waals surface area contributed by atoms with Crippen molar-refractivity contribution in [2.75, 3.05) is 39.3 Å². The minimum atomic E-state index is -0.783. The number of carbonyl (C=O) groups excluding carboxylic acids is 1. The average molecular weight is 367 g/mol. The van der Waals surface area contributed by atoms with E-state index in [2.05, 4.69) is 17.1 Å². The van der Waals surface area contributed by atoms with Gasteiger partial charge in [-0.2, -0.15) is 0 Å². The lowest BCUT2D eigenvalue weighted by molar-refractivity contribution is -0.139. The largest absolute Gasteiger partial charge is 0.480 e. The zero-order valence-corrected chi connectivity index (χ0v) is 16.2. The van der Waals surface area contributed by atoms with E-state index in [4.69, 9.17) is 5.11 Å². The molecule has 1 saturated heterocycles. The summed E-state index contributed by atoms with van der Waals surface area (Å²) in [6, 6.07) is 1.24. The predicted molar refractivity (Wildman–Crippen MR) is 100 cm³/mol. The van der Waals surface area contributed by atoms with Crippen LogP contribution in [0.2, 0.25) is 0 Å². The highest BCUT2D eigenvalue weighted by Crippen LogP contribution is 2.28. The lowest BCUT2D eigenvalue weighted by atomic mass is 9.85. The van der Waals surface area contributed by atoms with Crippen molar-refractivity contribution in [2.45, 2.75) is 64.1 Å². The third-order valence-corrected chi connectivity index (χ3v) is 6.32. The van der Waals surface area contributed by atoms with Crippen LogP contribution in [-0.2, 0) is 4.79 Å². The van der Waals surface area contributed by atoms with Crippen LogP contribution in [0, 0.1) is 5.92 Å². The summed E-state index contributed by atoms with van der Waals surface area (Å²) in [5.74, 6) is -0.280. The Labute approximate surface area is 156 Å². The Morgan fingerprint density at radius 1 is 1.19 bits per heavy atom. The number of carboxylic acid groups (broad SMARTS) is 1. The Balaban J connectivity index is 1.43. The fourth-order valence-electron chi connectivity index (χ4n) is 4.48. The molecule has 1 atom stereocenters. The maximum Gasteiger partial charge on any atom is 0.317 e. The first-order valence-corrected chi connectivity index (χ1v) is 10.2. The molecule has 0 aromatic carbocycles. The lowest BCUT2D eigenvalue weighted by Crippen LogP contribution is -2.57. The number of nitrogens with zero attached hydrogens (tertiary/aromatic N) is 3. The van der Waals surface area contributed by atoms with E-state index in [1.54, 1.807) is 0 Å². The first-order chi connectivity index (χ1) is 12.5. The number of aliphatic carboxylic acids is 1. The normalized spacial score (nSPS) is 30.4. The Morgan fingerprint density at radius 3 is 2.50 bits per heavy atom. The van der Waals surface area contributed by atoms with Crippen molar-refractivity contribution in [3.8, 4) is 0 Å². The van der Waals surface area contributed by atoms with Gasteiger partial charge in [0, 0.05) is 44.3 Å². The Kier molecular flexibility index (Phi) is 6.40. The Hall–Kier alpha value is -1.34. The summed E-state index contributed by atoms with van der Waals surface area (Å²) in [5, 5.41) is 12.1. The molecule has 1 unspecified atom stereocenters. The number of amides is 2. The van der Waals surface area contributed by atoms with E-state index in [0.717, 1.165) is 51.6 Å². The molecule has 7 nitrogen and oxygen atoms in total. The van der Waals surface area contributed by atoms with Crippen molar-refractivity contribution in [3.05, 3.63) is 0 Å². The van der Waals surface area contributed by atoms with Gasteiger partial charge in [0.05, 0.1) is 6.54 Å². The fraction of sp³-hybridized carbons (Fsp3) is 0.895. The summed E-state index contributed by atoms with van der Waals surface area (Å²) < 4.78 is 0. The van der Waals surface area contributed by atoms with Gasteiger partial charge in [-0.15, -0.1) is 0 Å². The van der Waals surface area contributed by atoms with Crippen molar-refractivity contribution in [3.63, 3.8) is 0 Å². The molecule has 2 amide bonds. The smallest absolute Gasteiger partial charge is 0.317 e. The van der Waals surface area contributed by atoms with E-state index < -0.39 is 5.97 Å².